The van der Waals surface area contributed by atoms with Gasteiger partial charge in [-0.1, -0.05) is 31.4 Å². The van der Waals surface area contributed by atoms with E-state index >= 15 is 0 Å². The van der Waals surface area contributed by atoms with E-state index in [9.17, 15) is 14.0 Å². The third kappa shape index (κ3) is 3.23. The predicted octanol–water partition coefficient (Wildman–Crippen LogP) is 2.57. The van der Waals surface area contributed by atoms with Gasteiger partial charge >= 0.3 is 5.97 Å². The summed E-state index contributed by atoms with van der Waals surface area (Å²) >= 11 is 0. The third-order valence-electron chi connectivity index (χ3n) is 4.21. The van der Waals surface area contributed by atoms with Crippen molar-refractivity contribution in [1.29, 1.82) is 0 Å². The Kier molecular flexibility index (Phi) is 4.60. The number of nitrogens with zero attached hydrogens (tertiary/aromatic N) is 1. The molecule has 1 aromatic rings. The van der Waals surface area contributed by atoms with Crippen LogP contribution in [-0.2, 0) is 15.0 Å². The number of hydrogen-bond donors (Lipinski definition) is 1. The van der Waals surface area contributed by atoms with Crippen molar-refractivity contribution >= 4 is 11.9 Å². The van der Waals surface area contributed by atoms with E-state index in [-0.39, 0.29) is 18.3 Å². The van der Waals surface area contributed by atoms with Gasteiger partial charge in [-0.25, -0.2) is 4.39 Å². The van der Waals surface area contributed by atoms with Crippen molar-refractivity contribution in [2.75, 3.05) is 13.6 Å². The quantitative estimate of drug-likeness (QED) is 0.928. The van der Waals surface area contributed by atoms with Crippen LogP contribution in [0.25, 0.3) is 0 Å². The largest absolute Gasteiger partial charge is 0.480 e. The highest BCUT2D eigenvalue weighted by Crippen LogP contribution is 2.41. The molecule has 0 bridgehead atoms. The number of carbonyl (C=O) groups is 2. The molecule has 1 aromatic carbocycles. The molecule has 0 saturated heterocycles. The molecule has 0 unspecified atom stereocenters. The second-order valence-electron chi connectivity index (χ2n) is 5.71. The molecule has 1 amide bonds. The molecule has 2 rings (SSSR count). The lowest BCUT2D eigenvalue weighted by atomic mass is 9.68. The summed E-state index contributed by atoms with van der Waals surface area (Å²) in [4.78, 5) is 24.9. The van der Waals surface area contributed by atoms with Crippen molar-refractivity contribution in [1.82, 2.24) is 4.90 Å². The van der Waals surface area contributed by atoms with Crippen LogP contribution >= 0.6 is 0 Å². The van der Waals surface area contributed by atoms with Crippen LogP contribution in [0, 0.1) is 5.82 Å². The zero-order valence-electron chi connectivity index (χ0n) is 12.1. The van der Waals surface area contributed by atoms with Crippen LogP contribution in [0.1, 0.15) is 37.7 Å². The maximum atomic E-state index is 13.5. The Hall–Kier alpha value is -1.91. The summed E-state index contributed by atoms with van der Waals surface area (Å²) in [5.41, 5.74) is -0.130. The Balaban J connectivity index is 2.37. The Morgan fingerprint density at radius 3 is 2.52 bits per heavy atom. The van der Waals surface area contributed by atoms with Gasteiger partial charge in [0.2, 0.25) is 5.91 Å². The lowest BCUT2D eigenvalue weighted by molar-refractivity contribution is -0.146. The van der Waals surface area contributed by atoms with Crippen LogP contribution < -0.4 is 0 Å². The van der Waals surface area contributed by atoms with Gasteiger partial charge in [-0.3, -0.25) is 9.59 Å². The first kappa shape index (κ1) is 15.5. The molecular weight excluding hydrogens is 273 g/mol. The van der Waals surface area contributed by atoms with Crippen LogP contribution in [0.2, 0.25) is 0 Å². The molecule has 114 valence electrons. The fraction of sp³-hybridized carbons (Fsp3) is 0.500. The average molecular weight is 293 g/mol. The highest BCUT2D eigenvalue weighted by Gasteiger charge is 2.43. The van der Waals surface area contributed by atoms with Crippen molar-refractivity contribution in [3.05, 3.63) is 35.6 Å². The van der Waals surface area contributed by atoms with Gasteiger partial charge in [0.1, 0.15) is 12.4 Å². The molecular formula is C16H20FNO3. The molecule has 4 nitrogen and oxygen atoms in total. The van der Waals surface area contributed by atoms with E-state index in [0.717, 1.165) is 19.3 Å². The van der Waals surface area contributed by atoms with Crippen molar-refractivity contribution in [3.63, 3.8) is 0 Å². The number of likely N-dealkylation sites (N-methyl/N-ethyl adjacent to an activating group) is 1. The first-order valence-electron chi connectivity index (χ1n) is 7.19. The van der Waals surface area contributed by atoms with E-state index in [0.29, 0.717) is 18.4 Å². The van der Waals surface area contributed by atoms with Crippen LogP contribution in [0.15, 0.2) is 24.3 Å². The fourth-order valence-electron chi connectivity index (χ4n) is 3.21. The van der Waals surface area contributed by atoms with Gasteiger partial charge in [-0.2, -0.15) is 0 Å². The minimum Gasteiger partial charge on any atom is -0.480 e. The van der Waals surface area contributed by atoms with Gasteiger partial charge < -0.3 is 10.0 Å². The van der Waals surface area contributed by atoms with Crippen LogP contribution in [0.3, 0.4) is 0 Å². The Morgan fingerprint density at radius 2 is 1.95 bits per heavy atom. The topological polar surface area (TPSA) is 57.6 Å². The summed E-state index contributed by atoms with van der Waals surface area (Å²) in [5, 5.41) is 8.88. The van der Waals surface area contributed by atoms with E-state index in [4.69, 9.17) is 5.11 Å². The van der Waals surface area contributed by atoms with E-state index in [1.54, 1.807) is 12.1 Å². The van der Waals surface area contributed by atoms with Crippen molar-refractivity contribution in [3.8, 4) is 0 Å². The number of carboxylic acid groups (broad SMARTS) is 1. The molecule has 0 aliphatic heterocycles. The normalized spacial score (nSPS) is 17.2. The standard InChI is InChI=1S/C16H20FNO3/c1-18(11-14(19)20)15(21)16(8-3-2-4-9-16)12-6-5-7-13(17)10-12/h5-7,10H,2-4,8-9,11H2,1H3,(H,19,20). The Bertz CT molecular complexity index is 538. The summed E-state index contributed by atoms with van der Waals surface area (Å²) < 4.78 is 13.5. The molecule has 0 radical (unpaired) electrons. The summed E-state index contributed by atoms with van der Waals surface area (Å²) in [6.45, 7) is -0.337. The SMILES string of the molecule is CN(CC(=O)O)C(=O)C1(c2cccc(F)c2)CCCCC1. The van der Waals surface area contributed by atoms with Gasteiger partial charge in [-0.05, 0) is 30.5 Å². The van der Waals surface area contributed by atoms with Crippen molar-refractivity contribution < 1.29 is 19.1 Å². The number of aliphatic carboxylic acids is 1. The minimum absolute atomic E-state index is 0.227. The van der Waals surface area contributed by atoms with Gasteiger partial charge in [0, 0.05) is 7.05 Å². The molecule has 21 heavy (non-hydrogen) atoms. The Morgan fingerprint density at radius 1 is 1.29 bits per heavy atom. The first-order valence-corrected chi connectivity index (χ1v) is 7.19. The lowest BCUT2D eigenvalue weighted by Gasteiger charge is -2.38. The maximum absolute atomic E-state index is 13.5. The molecule has 0 spiro atoms. The van der Waals surface area contributed by atoms with Crippen LogP contribution in [-0.4, -0.2) is 35.5 Å². The van der Waals surface area contributed by atoms with E-state index < -0.39 is 11.4 Å². The molecule has 0 heterocycles. The maximum Gasteiger partial charge on any atom is 0.323 e. The molecule has 0 atom stereocenters. The molecule has 1 fully saturated rings. The number of rotatable bonds is 4. The molecule has 1 aliphatic rings. The summed E-state index contributed by atoms with van der Waals surface area (Å²) in [6.07, 6.45) is 4.11. The predicted molar refractivity (Wildman–Crippen MR) is 76.4 cm³/mol. The number of amides is 1. The van der Waals surface area contributed by atoms with Crippen LogP contribution in [0.4, 0.5) is 4.39 Å². The zero-order valence-corrected chi connectivity index (χ0v) is 12.1. The smallest absolute Gasteiger partial charge is 0.323 e. The van der Waals surface area contributed by atoms with Crippen LogP contribution in [0.5, 0.6) is 0 Å². The second-order valence-corrected chi connectivity index (χ2v) is 5.71. The number of carboxylic acids is 1. The fourth-order valence-corrected chi connectivity index (χ4v) is 3.21. The summed E-state index contributed by atoms with van der Waals surface area (Å²) in [7, 11) is 1.49. The highest BCUT2D eigenvalue weighted by molar-refractivity contribution is 5.90. The van der Waals surface area contributed by atoms with Gasteiger partial charge in [-0.15, -0.1) is 0 Å². The summed E-state index contributed by atoms with van der Waals surface area (Å²) in [6, 6.07) is 6.12. The van der Waals surface area contributed by atoms with Crippen molar-refractivity contribution in [2.45, 2.75) is 37.5 Å². The molecule has 0 aromatic heterocycles. The van der Waals surface area contributed by atoms with E-state index in [1.807, 2.05) is 0 Å². The minimum atomic E-state index is -1.05. The lowest BCUT2D eigenvalue weighted by Crippen LogP contribution is -2.48. The highest BCUT2D eigenvalue weighted by atomic mass is 19.1. The van der Waals surface area contributed by atoms with E-state index in [2.05, 4.69) is 0 Å². The third-order valence-corrected chi connectivity index (χ3v) is 4.21. The van der Waals surface area contributed by atoms with Gasteiger partial charge in [0.05, 0.1) is 5.41 Å². The molecule has 1 saturated carbocycles. The zero-order chi connectivity index (χ0) is 15.5. The van der Waals surface area contributed by atoms with E-state index in [1.165, 1.54) is 24.1 Å². The molecule has 5 heteroatoms. The molecule has 1 aliphatic carbocycles. The van der Waals surface area contributed by atoms with Crippen molar-refractivity contribution in [2.24, 2.45) is 0 Å². The first-order chi connectivity index (χ1) is 9.95. The number of halogens is 1. The molecule has 1 N–H and O–H groups in total. The number of benzene rings is 1. The number of carbonyl (C=O) groups excluding carboxylic acids is 1. The number of hydrogen-bond acceptors (Lipinski definition) is 2. The van der Waals surface area contributed by atoms with Gasteiger partial charge in [0.25, 0.3) is 0 Å². The average Bonchev–Trinajstić information content (AvgIpc) is 2.46. The monoisotopic (exact) mass is 293 g/mol. The van der Waals surface area contributed by atoms with Gasteiger partial charge in [0.15, 0.2) is 0 Å². The second kappa shape index (κ2) is 6.24. The Labute approximate surface area is 123 Å². The summed E-state index contributed by atoms with van der Waals surface area (Å²) in [5.74, 6) is -1.64.